The molecule has 1 aliphatic heterocycles. The fourth-order valence-electron chi connectivity index (χ4n) is 2.69. The van der Waals surface area contributed by atoms with Gasteiger partial charge in [0.25, 0.3) is 5.91 Å². The average molecular weight is 329 g/mol. The maximum Gasteiger partial charge on any atom is 0.256 e. The van der Waals surface area contributed by atoms with Gasteiger partial charge in [-0.1, -0.05) is 23.7 Å². The molecule has 1 fully saturated rings. The van der Waals surface area contributed by atoms with Crippen LogP contribution in [-0.2, 0) is 9.59 Å². The molecular weight excluding hydrogens is 312 g/mol. The molecule has 1 N–H and O–H groups in total. The van der Waals surface area contributed by atoms with E-state index in [4.69, 9.17) is 11.6 Å². The van der Waals surface area contributed by atoms with Gasteiger partial charge in [0, 0.05) is 10.7 Å². The lowest BCUT2D eigenvalue weighted by Gasteiger charge is -2.17. The number of benzene rings is 2. The number of aryl methyl sites for hydroxylation is 2. The minimum atomic E-state index is -0.543. The van der Waals surface area contributed by atoms with E-state index >= 15 is 0 Å². The number of amides is 2. The highest BCUT2D eigenvalue weighted by Crippen LogP contribution is 2.27. The zero-order valence-corrected chi connectivity index (χ0v) is 13.7. The highest BCUT2D eigenvalue weighted by atomic mass is 35.5. The van der Waals surface area contributed by atoms with E-state index in [0.29, 0.717) is 10.7 Å². The van der Waals surface area contributed by atoms with Gasteiger partial charge < -0.3 is 5.32 Å². The molecule has 2 aromatic carbocycles. The lowest BCUT2D eigenvalue weighted by atomic mass is 10.1. The number of nitrogens with one attached hydrogen (secondary N) is 1. The van der Waals surface area contributed by atoms with Crippen molar-refractivity contribution in [3.8, 4) is 0 Å². The van der Waals surface area contributed by atoms with Gasteiger partial charge in [-0.25, -0.2) is 4.90 Å². The Hall–Kier alpha value is -2.33. The summed E-state index contributed by atoms with van der Waals surface area (Å²) >= 11 is 5.86. The first-order valence-corrected chi connectivity index (χ1v) is 7.79. The molecule has 0 spiro atoms. The normalized spacial score (nSPS) is 17.7. The Balaban J connectivity index is 1.83. The Kier molecular flexibility index (Phi) is 4.09. The molecule has 2 amide bonds. The predicted octanol–water partition coefficient (Wildman–Crippen LogP) is 3.70. The molecule has 23 heavy (non-hydrogen) atoms. The first-order valence-electron chi connectivity index (χ1n) is 7.42. The molecule has 118 valence electrons. The molecule has 1 aliphatic rings. The summed E-state index contributed by atoms with van der Waals surface area (Å²) < 4.78 is 0. The van der Waals surface area contributed by atoms with Gasteiger partial charge in [-0.2, -0.15) is 0 Å². The van der Waals surface area contributed by atoms with Gasteiger partial charge >= 0.3 is 0 Å². The molecule has 0 aliphatic carbocycles. The number of carbonyl (C=O) groups excluding carboxylic acids is 2. The van der Waals surface area contributed by atoms with Crippen molar-refractivity contribution in [2.75, 3.05) is 10.2 Å². The van der Waals surface area contributed by atoms with E-state index in [1.807, 2.05) is 32.0 Å². The average Bonchev–Trinajstić information content (AvgIpc) is 2.79. The number of imide groups is 1. The summed E-state index contributed by atoms with van der Waals surface area (Å²) in [7, 11) is 0. The summed E-state index contributed by atoms with van der Waals surface area (Å²) in [5.74, 6) is -0.446. The van der Waals surface area contributed by atoms with Crippen LogP contribution in [0.3, 0.4) is 0 Å². The van der Waals surface area contributed by atoms with Crippen LogP contribution in [0.4, 0.5) is 11.4 Å². The summed E-state index contributed by atoms with van der Waals surface area (Å²) in [5.41, 5.74) is 3.58. The van der Waals surface area contributed by atoms with Crippen molar-refractivity contribution in [1.29, 1.82) is 0 Å². The van der Waals surface area contributed by atoms with Gasteiger partial charge in [0.1, 0.15) is 6.04 Å². The van der Waals surface area contributed by atoms with Crippen molar-refractivity contribution < 1.29 is 9.59 Å². The third-order valence-electron chi connectivity index (χ3n) is 3.95. The Bertz CT molecular complexity index is 771. The minimum absolute atomic E-state index is 0.148. The fourth-order valence-corrected chi connectivity index (χ4v) is 2.81. The second-order valence-electron chi connectivity index (χ2n) is 5.76. The van der Waals surface area contributed by atoms with Crippen LogP contribution in [0.15, 0.2) is 42.5 Å². The zero-order valence-electron chi connectivity index (χ0n) is 13.0. The van der Waals surface area contributed by atoms with Crippen LogP contribution in [0.25, 0.3) is 0 Å². The second-order valence-corrected chi connectivity index (χ2v) is 6.20. The summed E-state index contributed by atoms with van der Waals surface area (Å²) in [6.45, 7) is 3.96. The number of hydrogen-bond acceptors (Lipinski definition) is 3. The number of rotatable bonds is 3. The number of nitrogens with zero attached hydrogens (tertiary/aromatic N) is 1. The Morgan fingerprint density at radius 3 is 2.48 bits per heavy atom. The summed E-state index contributed by atoms with van der Waals surface area (Å²) in [6.07, 6.45) is 0.148. The number of hydrogen-bond donors (Lipinski definition) is 1. The first-order chi connectivity index (χ1) is 11.0. The topological polar surface area (TPSA) is 49.4 Å². The van der Waals surface area contributed by atoms with E-state index in [2.05, 4.69) is 5.32 Å². The largest absolute Gasteiger partial charge is 0.373 e. The summed E-state index contributed by atoms with van der Waals surface area (Å²) in [6, 6.07) is 12.2. The van der Waals surface area contributed by atoms with Gasteiger partial charge in [0.2, 0.25) is 5.91 Å². The van der Waals surface area contributed by atoms with Crippen LogP contribution < -0.4 is 10.2 Å². The van der Waals surface area contributed by atoms with E-state index in [-0.39, 0.29) is 18.2 Å². The Labute approximate surface area is 140 Å². The van der Waals surface area contributed by atoms with Crippen LogP contribution >= 0.6 is 11.6 Å². The van der Waals surface area contributed by atoms with Gasteiger partial charge in [0.05, 0.1) is 12.1 Å². The van der Waals surface area contributed by atoms with Crippen LogP contribution in [0.1, 0.15) is 17.5 Å². The standard InChI is InChI=1S/C18H17ClN2O2/c1-11-3-4-12(2)15(9-11)20-16-10-17(22)21(18(16)23)14-7-5-13(19)6-8-14/h3-9,16,20H,10H2,1-2H3/t16-/m0/s1. The van der Waals surface area contributed by atoms with Gasteiger partial charge in [0.15, 0.2) is 0 Å². The number of carbonyl (C=O) groups is 2. The van der Waals surface area contributed by atoms with Gasteiger partial charge in [-0.15, -0.1) is 0 Å². The molecule has 1 atom stereocenters. The van der Waals surface area contributed by atoms with Crippen molar-refractivity contribution in [1.82, 2.24) is 0 Å². The zero-order chi connectivity index (χ0) is 16.6. The Morgan fingerprint density at radius 1 is 1.09 bits per heavy atom. The molecule has 1 heterocycles. The van der Waals surface area contributed by atoms with E-state index in [9.17, 15) is 9.59 Å². The minimum Gasteiger partial charge on any atom is -0.373 e. The quantitative estimate of drug-likeness (QED) is 0.874. The first kappa shape index (κ1) is 15.6. The molecule has 1 saturated heterocycles. The van der Waals surface area contributed by atoms with Crippen molar-refractivity contribution in [2.45, 2.75) is 26.3 Å². The Morgan fingerprint density at radius 2 is 1.78 bits per heavy atom. The molecule has 3 rings (SSSR count). The third-order valence-corrected chi connectivity index (χ3v) is 4.21. The van der Waals surface area contributed by atoms with Crippen molar-refractivity contribution in [3.63, 3.8) is 0 Å². The second kappa shape index (κ2) is 6.05. The molecule has 5 heteroatoms. The number of halogens is 1. The van der Waals surface area contributed by atoms with Crippen LogP contribution in [0.5, 0.6) is 0 Å². The maximum atomic E-state index is 12.6. The van der Waals surface area contributed by atoms with Crippen LogP contribution in [0, 0.1) is 13.8 Å². The van der Waals surface area contributed by atoms with Crippen molar-refractivity contribution in [3.05, 3.63) is 58.6 Å². The van der Waals surface area contributed by atoms with Crippen LogP contribution in [-0.4, -0.2) is 17.9 Å². The van der Waals surface area contributed by atoms with Crippen LogP contribution in [0.2, 0.25) is 5.02 Å². The van der Waals surface area contributed by atoms with E-state index in [1.54, 1.807) is 24.3 Å². The fraction of sp³-hybridized carbons (Fsp3) is 0.222. The monoisotopic (exact) mass is 328 g/mol. The van der Waals surface area contributed by atoms with E-state index in [0.717, 1.165) is 16.8 Å². The molecular formula is C18H17ClN2O2. The highest BCUT2D eigenvalue weighted by Gasteiger charge is 2.39. The predicted molar refractivity (Wildman–Crippen MR) is 91.9 cm³/mol. The van der Waals surface area contributed by atoms with Crippen molar-refractivity contribution in [2.24, 2.45) is 0 Å². The molecule has 0 bridgehead atoms. The van der Waals surface area contributed by atoms with Gasteiger partial charge in [-0.3, -0.25) is 9.59 Å². The lowest BCUT2D eigenvalue weighted by molar-refractivity contribution is -0.121. The molecule has 0 aromatic heterocycles. The molecule has 4 nitrogen and oxygen atoms in total. The molecule has 0 radical (unpaired) electrons. The third kappa shape index (κ3) is 3.08. The smallest absolute Gasteiger partial charge is 0.256 e. The molecule has 0 unspecified atom stereocenters. The lowest BCUT2D eigenvalue weighted by Crippen LogP contribution is -2.34. The summed E-state index contributed by atoms with van der Waals surface area (Å²) in [4.78, 5) is 26.1. The highest BCUT2D eigenvalue weighted by molar-refractivity contribution is 6.30. The van der Waals surface area contributed by atoms with E-state index in [1.165, 1.54) is 4.90 Å². The van der Waals surface area contributed by atoms with E-state index < -0.39 is 6.04 Å². The van der Waals surface area contributed by atoms with Crippen molar-refractivity contribution >= 4 is 34.8 Å². The molecule has 2 aromatic rings. The number of anilines is 2. The SMILES string of the molecule is Cc1ccc(C)c(N[C@H]2CC(=O)N(c3ccc(Cl)cc3)C2=O)c1. The summed E-state index contributed by atoms with van der Waals surface area (Å²) in [5, 5.41) is 3.77. The molecule has 0 saturated carbocycles. The maximum absolute atomic E-state index is 12.6. The van der Waals surface area contributed by atoms with Gasteiger partial charge in [-0.05, 0) is 55.3 Å².